The minimum absolute atomic E-state index is 0.271. The van der Waals surface area contributed by atoms with Gasteiger partial charge in [-0.1, -0.05) is 24.6 Å². The smallest absolute Gasteiger partial charge is 0.341 e. The van der Waals surface area contributed by atoms with Crippen molar-refractivity contribution in [1.29, 1.82) is 0 Å². The summed E-state index contributed by atoms with van der Waals surface area (Å²) in [5, 5.41) is 12.8. The van der Waals surface area contributed by atoms with Crippen LogP contribution in [0.5, 0.6) is 5.75 Å². The van der Waals surface area contributed by atoms with Crippen molar-refractivity contribution in [3.8, 4) is 5.75 Å². The molecule has 6 heteroatoms. The van der Waals surface area contributed by atoms with Crippen LogP contribution in [0, 0.1) is 6.92 Å². The monoisotopic (exact) mass is 340 g/mol. The van der Waals surface area contributed by atoms with E-state index in [9.17, 15) is 9.59 Å². The Hall–Kier alpha value is -3.15. The van der Waals surface area contributed by atoms with Crippen molar-refractivity contribution in [1.82, 2.24) is 5.43 Å². The number of benzene rings is 2. The number of nitrogens with one attached hydrogen (secondary N) is 1. The minimum Gasteiger partial charge on any atom is -0.482 e. The van der Waals surface area contributed by atoms with E-state index in [1.807, 2.05) is 26.0 Å². The highest BCUT2D eigenvalue weighted by Crippen LogP contribution is 2.14. The molecule has 0 aliphatic rings. The van der Waals surface area contributed by atoms with E-state index in [0.717, 1.165) is 11.1 Å². The van der Waals surface area contributed by atoms with Crippen LogP contribution in [0.4, 0.5) is 0 Å². The lowest BCUT2D eigenvalue weighted by molar-refractivity contribution is -0.139. The second-order valence-corrected chi connectivity index (χ2v) is 5.43. The summed E-state index contributed by atoms with van der Waals surface area (Å²) in [6.45, 7) is 3.51. The number of rotatable bonds is 7. The van der Waals surface area contributed by atoms with Gasteiger partial charge >= 0.3 is 5.97 Å². The maximum absolute atomic E-state index is 12.1. The Labute approximate surface area is 146 Å². The van der Waals surface area contributed by atoms with Crippen LogP contribution >= 0.6 is 0 Å². The van der Waals surface area contributed by atoms with E-state index < -0.39 is 5.97 Å². The molecular weight excluding hydrogens is 320 g/mol. The number of carboxylic acid groups (broad SMARTS) is 1. The van der Waals surface area contributed by atoms with E-state index in [0.29, 0.717) is 23.4 Å². The van der Waals surface area contributed by atoms with Crippen LogP contribution < -0.4 is 10.2 Å². The van der Waals surface area contributed by atoms with Crippen molar-refractivity contribution in [2.75, 3.05) is 6.61 Å². The number of carbonyl (C=O) groups is 2. The molecule has 6 nitrogen and oxygen atoms in total. The third kappa shape index (κ3) is 5.46. The van der Waals surface area contributed by atoms with Gasteiger partial charge in [-0.25, -0.2) is 10.2 Å². The topological polar surface area (TPSA) is 88.0 Å². The first-order valence-corrected chi connectivity index (χ1v) is 7.88. The molecule has 25 heavy (non-hydrogen) atoms. The third-order valence-electron chi connectivity index (χ3n) is 3.49. The second kappa shape index (κ2) is 8.63. The first-order chi connectivity index (χ1) is 12.0. The summed E-state index contributed by atoms with van der Waals surface area (Å²) in [5.74, 6) is -0.837. The number of aryl methyl sites for hydroxylation is 1. The Morgan fingerprint density at radius 2 is 1.64 bits per heavy atom. The number of nitrogens with zero attached hydrogens (tertiary/aromatic N) is 1. The summed E-state index contributed by atoms with van der Waals surface area (Å²) in [5.41, 5.74) is 5.73. The quantitative estimate of drug-likeness (QED) is 0.599. The largest absolute Gasteiger partial charge is 0.482 e. The molecule has 0 saturated heterocycles. The molecule has 0 bridgehead atoms. The maximum atomic E-state index is 12.1. The number of amides is 1. The summed E-state index contributed by atoms with van der Waals surface area (Å²) in [7, 11) is 0. The summed E-state index contributed by atoms with van der Waals surface area (Å²) < 4.78 is 5.09. The number of hydrogen-bond donors (Lipinski definition) is 2. The van der Waals surface area contributed by atoms with Crippen molar-refractivity contribution in [2.45, 2.75) is 20.3 Å². The molecule has 0 unspecified atom stereocenters. The van der Waals surface area contributed by atoms with Crippen LogP contribution in [-0.4, -0.2) is 29.3 Å². The first kappa shape index (κ1) is 18.2. The SMILES string of the molecule is CC/C(=N/NC(=O)c1ccc(C)cc1)c1ccc(OCC(=O)O)cc1. The van der Waals surface area contributed by atoms with Gasteiger partial charge in [-0.2, -0.15) is 5.10 Å². The molecule has 2 aromatic carbocycles. The molecule has 2 N–H and O–H groups in total. The summed E-state index contributed by atoms with van der Waals surface area (Å²) in [6.07, 6.45) is 0.628. The molecule has 2 rings (SSSR count). The van der Waals surface area contributed by atoms with E-state index in [1.54, 1.807) is 36.4 Å². The number of carboxylic acids is 1. The molecule has 130 valence electrons. The van der Waals surface area contributed by atoms with E-state index in [-0.39, 0.29) is 12.5 Å². The molecule has 0 fully saturated rings. The van der Waals surface area contributed by atoms with Crippen LogP contribution in [0.1, 0.15) is 34.8 Å². The zero-order valence-corrected chi connectivity index (χ0v) is 14.2. The van der Waals surface area contributed by atoms with Crippen LogP contribution in [0.2, 0.25) is 0 Å². The fourth-order valence-electron chi connectivity index (χ4n) is 2.12. The van der Waals surface area contributed by atoms with Crippen LogP contribution in [-0.2, 0) is 4.79 Å². The normalized spacial score (nSPS) is 11.0. The Morgan fingerprint density at radius 1 is 1.04 bits per heavy atom. The highest BCUT2D eigenvalue weighted by molar-refractivity contribution is 6.02. The maximum Gasteiger partial charge on any atom is 0.341 e. The molecule has 0 saturated carbocycles. The highest BCUT2D eigenvalue weighted by Gasteiger charge is 2.07. The highest BCUT2D eigenvalue weighted by atomic mass is 16.5. The van der Waals surface area contributed by atoms with E-state index in [1.165, 1.54) is 0 Å². The fourth-order valence-corrected chi connectivity index (χ4v) is 2.12. The van der Waals surface area contributed by atoms with Gasteiger partial charge in [0.05, 0.1) is 5.71 Å². The van der Waals surface area contributed by atoms with Crippen molar-refractivity contribution in [2.24, 2.45) is 5.10 Å². The lowest BCUT2D eigenvalue weighted by Gasteiger charge is -2.07. The molecule has 0 aromatic heterocycles. The van der Waals surface area contributed by atoms with Gasteiger partial charge in [0.25, 0.3) is 5.91 Å². The number of carbonyl (C=O) groups excluding carboxylic acids is 1. The summed E-state index contributed by atoms with van der Waals surface area (Å²) >= 11 is 0. The van der Waals surface area contributed by atoms with Gasteiger partial charge in [0.15, 0.2) is 6.61 Å². The number of aliphatic carboxylic acids is 1. The molecule has 0 spiro atoms. The number of ether oxygens (including phenoxy) is 1. The van der Waals surface area contributed by atoms with Gasteiger partial charge in [-0.15, -0.1) is 0 Å². The van der Waals surface area contributed by atoms with Gasteiger partial charge in [-0.3, -0.25) is 4.79 Å². The zero-order valence-electron chi connectivity index (χ0n) is 14.2. The van der Waals surface area contributed by atoms with Crippen molar-refractivity contribution < 1.29 is 19.4 Å². The lowest BCUT2D eigenvalue weighted by atomic mass is 10.1. The molecule has 1 amide bonds. The van der Waals surface area contributed by atoms with Gasteiger partial charge in [0.1, 0.15) is 5.75 Å². The van der Waals surface area contributed by atoms with E-state index >= 15 is 0 Å². The molecule has 0 aliphatic heterocycles. The predicted molar refractivity (Wildman–Crippen MR) is 95.0 cm³/mol. The molecule has 2 aromatic rings. The predicted octanol–water partition coefficient (Wildman–Crippen LogP) is 3.00. The zero-order chi connectivity index (χ0) is 18.2. The second-order valence-electron chi connectivity index (χ2n) is 5.43. The van der Waals surface area contributed by atoms with Gasteiger partial charge in [-0.05, 0) is 55.3 Å². The fraction of sp³-hybridized carbons (Fsp3) is 0.211. The van der Waals surface area contributed by atoms with E-state index in [2.05, 4.69) is 10.5 Å². The molecule has 0 heterocycles. The Morgan fingerprint density at radius 3 is 2.20 bits per heavy atom. The average molecular weight is 340 g/mol. The molecule has 0 atom stereocenters. The van der Waals surface area contributed by atoms with Crippen LogP contribution in [0.25, 0.3) is 0 Å². The van der Waals surface area contributed by atoms with Crippen molar-refractivity contribution in [3.63, 3.8) is 0 Å². The Kier molecular flexibility index (Phi) is 6.28. The Balaban J connectivity index is 2.05. The standard InChI is InChI=1S/C19H20N2O4/c1-3-17(14-8-10-16(11-9-14)25-12-18(22)23)20-21-19(24)15-6-4-13(2)5-7-15/h4-11H,3,12H2,1-2H3,(H,21,24)(H,22,23)/b20-17-. The van der Waals surface area contributed by atoms with Crippen LogP contribution in [0.15, 0.2) is 53.6 Å². The summed E-state index contributed by atoms with van der Waals surface area (Å²) in [4.78, 5) is 22.6. The third-order valence-corrected chi connectivity index (χ3v) is 3.49. The van der Waals surface area contributed by atoms with Gasteiger partial charge < -0.3 is 9.84 Å². The average Bonchev–Trinajstić information content (AvgIpc) is 2.61. The molecule has 0 aliphatic carbocycles. The molecular formula is C19H20N2O4. The van der Waals surface area contributed by atoms with Crippen LogP contribution in [0.3, 0.4) is 0 Å². The summed E-state index contributed by atoms with van der Waals surface area (Å²) in [6, 6.07) is 14.1. The van der Waals surface area contributed by atoms with Crippen molar-refractivity contribution in [3.05, 3.63) is 65.2 Å². The number of hydrazone groups is 1. The first-order valence-electron chi connectivity index (χ1n) is 7.88. The van der Waals surface area contributed by atoms with E-state index in [4.69, 9.17) is 9.84 Å². The number of hydrogen-bond acceptors (Lipinski definition) is 4. The minimum atomic E-state index is -1.03. The molecule has 0 radical (unpaired) electrons. The van der Waals surface area contributed by atoms with Gasteiger partial charge in [0, 0.05) is 5.56 Å². The Bertz CT molecular complexity index is 765. The lowest BCUT2D eigenvalue weighted by Crippen LogP contribution is -2.20. The van der Waals surface area contributed by atoms with Crippen molar-refractivity contribution >= 4 is 17.6 Å². The van der Waals surface area contributed by atoms with Gasteiger partial charge in [0.2, 0.25) is 0 Å².